The van der Waals surface area contributed by atoms with Crippen LogP contribution < -0.4 is 0 Å². The predicted octanol–water partition coefficient (Wildman–Crippen LogP) is 2.44. The van der Waals surface area contributed by atoms with Crippen LogP contribution in [0.3, 0.4) is 0 Å². The van der Waals surface area contributed by atoms with Gasteiger partial charge in [-0.25, -0.2) is 9.59 Å². The molecular formula is C21H26O6. The van der Waals surface area contributed by atoms with E-state index in [4.69, 9.17) is 9.47 Å². The molecule has 6 heteroatoms. The fourth-order valence-electron chi connectivity index (χ4n) is 3.60. The van der Waals surface area contributed by atoms with Crippen LogP contribution in [0.5, 0.6) is 0 Å². The summed E-state index contributed by atoms with van der Waals surface area (Å²) in [5.41, 5.74) is 1.56. The van der Waals surface area contributed by atoms with Crippen molar-refractivity contribution in [1.82, 2.24) is 0 Å². The summed E-state index contributed by atoms with van der Waals surface area (Å²) < 4.78 is 10.8. The third kappa shape index (κ3) is 4.83. The van der Waals surface area contributed by atoms with Crippen LogP contribution in [-0.4, -0.2) is 41.6 Å². The van der Waals surface area contributed by atoms with E-state index in [0.717, 1.165) is 0 Å². The van der Waals surface area contributed by atoms with Gasteiger partial charge >= 0.3 is 11.9 Å². The van der Waals surface area contributed by atoms with E-state index in [9.17, 15) is 19.5 Å². The van der Waals surface area contributed by atoms with Crippen molar-refractivity contribution in [2.75, 3.05) is 6.61 Å². The number of fused-ring (bicyclic) bond motifs is 1. The highest BCUT2D eigenvalue weighted by molar-refractivity contribution is 6.00. The smallest absolute Gasteiger partial charge is 0.333 e. The average molecular weight is 374 g/mol. The van der Waals surface area contributed by atoms with Gasteiger partial charge in [0, 0.05) is 29.4 Å². The first kappa shape index (κ1) is 20.8. The zero-order chi connectivity index (χ0) is 20.3. The second-order valence-electron chi connectivity index (χ2n) is 7.29. The third-order valence-electron chi connectivity index (χ3n) is 4.97. The Balaban J connectivity index is 2.57. The van der Waals surface area contributed by atoms with E-state index in [1.54, 1.807) is 13.8 Å². The summed E-state index contributed by atoms with van der Waals surface area (Å²) in [7, 11) is 0. The summed E-state index contributed by atoms with van der Waals surface area (Å²) in [6.45, 7) is 12.5. The SMILES string of the molecule is C=C(C)C(=O)O[C@H]1C/C(C)=C/C(=O)/C=C(/C)C(O)[C@H]2CCOC(=O)C(=C)[C@H]12. The van der Waals surface area contributed by atoms with Crippen molar-refractivity contribution in [2.45, 2.75) is 45.8 Å². The summed E-state index contributed by atoms with van der Waals surface area (Å²) in [5.74, 6) is -2.53. The standard InChI is InChI=1S/C21H26O6/c1-11(2)20(24)27-17-9-12(3)8-15(22)10-13(4)19(23)16-6-7-26-21(25)14(5)18(16)17/h8,10,16-19,23H,1,5-7,9H2,2-4H3/b12-8+,13-10-/t16-,17-,18-,19?/m0/s1. The van der Waals surface area contributed by atoms with Gasteiger partial charge in [0.25, 0.3) is 0 Å². The molecule has 0 spiro atoms. The van der Waals surface area contributed by atoms with Crippen molar-refractivity contribution in [3.05, 3.63) is 47.6 Å². The Hall–Kier alpha value is -2.47. The lowest BCUT2D eigenvalue weighted by Gasteiger charge is -2.35. The van der Waals surface area contributed by atoms with Gasteiger partial charge in [-0.05, 0) is 44.9 Å². The molecule has 0 bridgehead atoms. The number of cyclic esters (lactones) is 1. The number of hydrogen-bond acceptors (Lipinski definition) is 6. The first-order valence-electron chi connectivity index (χ1n) is 8.91. The molecule has 0 radical (unpaired) electrons. The maximum atomic E-state index is 12.3. The molecule has 1 unspecified atom stereocenters. The van der Waals surface area contributed by atoms with Crippen LogP contribution in [0.2, 0.25) is 0 Å². The lowest BCUT2D eigenvalue weighted by Crippen LogP contribution is -2.40. The zero-order valence-corrected chi connectivity index (χ0v) is 16.0. The van der Waals surface area contributed by atoms with E-state index < -0.39 is 36.0 Å². The van der Waals surface area contributed by atoms with Crippen LogP contribution in [-0.2, 0) is 23.9 Å². The molecule has 0 aromatic rings. The Kier molecular flexibility index (Phi) is 6.54. The van der Waals surface area contributed by atoms with Crippen LogP contribution >= 0.6 is 0 Å². The van der Waals surface area contributed by atoms with Gasteiger partial charge in [-0.1, -0.05) is 18.7 Å². The quantitative estimate of drug-likeness (QED) is 0.590. The lowest BCUT2D eigenvalue weighted by atomic mass is 9.74. The number of hydrogen-bond donors (Lipinski definition) is 1. The van der Waals surface area contributed by atoms with Gasteiger partial charge in [0.05, 0.1) is 12.7 Å². The first-order chi connectivity index (χ1) is 12.6. The molecule has 27 heavy (non-hydrogen) atoms. The van der Waals surface area contributed by atoms with Gasteiger partial charge in [0.15, 0.2) is 5.78 Å². The molecule has 1 heterocycles. The van der Waals surface area contributed by atoms with Gasteiger partial charge in [0.2, 0.25) is 0 Å². The number of aliphatic hydroxyl groups is 1. The Morgan fingerprint density at radius 2 is 1.96 bits per heavy atom. The summed E-state index contributed by atoms with van der Waals surface area (Å²) in [6, 6.07) is 0. The maximum Gasteiger partial charge on any atom is 0.333 e. The Labute approximate surface area is 159 Å². The van der Waals surface area contributed by atoms with Gasteiger partial charge in [0.1, 0.15) is 6.10 Å². The number of ether oxygens (including phenoxy) is 2. The number of rotatable bonds is 2. The van der Waals surface area contributed by atoms with Gasteiger partial charge in [-0.3, -0.25) is 4.79 Å². The normalized spacial score (nSPS) is 33.4. The van der Waals surface area contributed by atoms with Crippen molar-refractivity contribution in [3.8, 4) is 0 Å². The van der Waals surface area contributed by atoms with E-state index in [0.29, 0.717) is 17.6 Å². The van der Waals surface area contributed by atoms with E-state index in [-0.39, 0.29) is 30.0 Å². The number of carbonyl (C=O) groups is 3. The second kappa shape index (κ2) is 8.48. The summed E-state index contributed by atoms with van der Waals surface area (Å²) in [6.07, 6.45) is 1.65. The van der Waals surface area contributed by atoms with E-state index in [2.05, 4.69) is 13.2 Å². The number of ketones is 1. The average Bonchev–Trinajstić information content (AvgIpc) is 2.71. The second-order valence-corrected chi connectivity index (χ2v) is 7.29. The molecule has 2 rings (SSSR count). The Morgan fingerprint density at radius 1 is 1.30 bits per heavy atom. The fraction of sp³-hybridized carbons (Fsp3) is 0.476. The molecule has 0 aromatic carbocycles. The Bertz CT molecular complexity index is 742. The van der Waals surface area contributed by atoms with Crippen LogP contribution in [0.4, 0.5) is 0 Å². The Morgan fingerprint density at radius 3 is 2.59 bits per heavy atom. The third-order valence-corrected chi connectivity index (χ3v) is 4.97. The molecule has 0 aromatic heterocycles. The molecular weight excluding hydrogens is 348 g/mol. The molecule has 1 fully saturated rings. The van der Waals surface area contributed by atoms with Crippen molar-refractivity contribution in [3.63, 3.8) is 0 Å². The van der Waals surface area contributed by atoms with Crippen molar-refractivity contribution < 1.29 is 29.0 Å². The fourth-order valence-corrected chi connectivity index (χ4v) is 3.60. The van der Waals surface area contributed by atoms with Crippen molar-refractivity contribution in [2.24, 2.45) is 11.8 Å². The van der Waals surface area contributed by atoms with E-state index in [1.165, 1.54) is 19.1 Å². The van der Waals surface area contributed by atoms with Crippen LogP contribution in [0.1, 0.15) is 33.6 Å². The molecule has 4 atom stereocenters. The maximum absolute atomic E-state index is 12.3. The summed E-state index contributed by atoms with van der Waals surface area (Å²) in [4.78, 5) is 36.6. The molecule has 1 aliphatic heterocycles. The first-order valence-corrected chi connectivity index (χ1v) is 8.91. The minimum atomic E-state index is -0.997. The van der Waals surface area contributed by atoms with Crippen LogP contribution in [0.15, 0.2) is 47.6 Å². The van der Waals surface area contributed by atoms with Gasteiger partial charge in [-0.2, -0.15) is 0 Å². The van der Waals surface area contributed by atoms with Crippen LogP contribution in [0, 0.1) is 11.8 Å². The van der Waals surface area contributed by atoms with Crippen LogP contribution in [0.25, 0.3) is 0 Å². The van der Waals surface area contributed by atoms with Gasteiger partial charge in [-0.15, -0.1) is 0 Å². The number of carbonyl (C=O) groups excluding carboxylic acids is 3. The minimum absolute atomic E-state index is 0.118. The molecule has 1 aliphatic carbocycles. The highest BCUT2D eigenvalue weighted by Crippen LogP contribution is 2.38. The van der Waals surface area contributed by atoms with E-state index in [1.807, 2.05) is 0 Å². The molecule has 0 amide bonds. The molecule has 0 saturated carbocycles. The largest absolute Gasteiger partial charge is 0.462 e. The number of esters is 2. The zero-order valence-electron chi connectivity index (χ0n) is 16.0. The molecule has 1 N–H and O–H groups in total. The molecule has 6 nitrogen and oxygen atoms in total. The highest BCUT2D eigenvalue weighted by Gasteiger charge is 2.43. The predicted molar refractivity (Wildman–Crippen MR) is 99.5 cm³/mol. The highest BCUT2D eigenvalue weighted by atomic mass is 16.5. The monoisotopic (exact) mass is 374 g/mol. The topological polar surface area (TPSA) is 89.9 Å². The minimum Gasteiger partial charge on any atom is -0.462 e. The summed E-state index contributed by atoms with van der Waals surface area (Å²) in [5, 5.41) is 10.9. The van der Waals surface area contributed by atoms with Gasteiger partial charge < -0.3 is 14.6 Å². The van der Waals surface area contributed by atoms with Crippen molar-refractivity contribution in [1.29, 1.82) is 0 Å². The molecule has 2 aliphatic rings. The molecule has 146 valence electrons. The van der Waals surface area contributed by atoms with E-state index >= 15 is 0 Å². The number of aliphatic hydroxyl groups excluding tert-OH is 1. The number of allylic oxidation sites excluding steroid dienone is 2. The molecule has 1 saturated heterocycles. The van der Waals surface area contributed by atoms with Crippen molar-refractivity contribution >= 4 is 17.7 Å². The lowest BCUT2D eigenvalue weighted by molar-refractivity contribution is -0.149. The summed E-state index contributed by atoms with van der Waals surface area (Å²) >= 11 is 0.